The Bertz CT molecular complexity index is 668. The Labute approximate surface area is 129 Å². The van der Waals surface area contributed by atoms with E-state index in [4.69, 9.17) is 40.5 Å². The molecule has 2 aromatic carbocycles. The molecule has 0 saturated heterocycles. The Balaban J connectivity index is 2.28. The Morgan fingerprint density at radius 3 is 2.20 bits per heavy atom. The lowest BCUT2D eigenvalue weighted by Gasteiger charge is -2.09. The highest BCUT2D eigenvalue weighted by Crippen LogP contribution is 2.28. The van der Waals surface area contributed by atoms with Crippen LogP contribution in [-0.2, 0) is 0 Å². The SMILES string of the molecule is Nc1ccc(C(=O)Nc2cc(Cl)c(F)c(Cl)c2)c(Cl)c1. The van der Waals surface area contributed by atoms with Crippen molar-refractivity contribution in [1.29, 1.82) is 0 Å². The largest absolute Gasteiger partial charge is 0.399 e. The van der Waals surface area contributed by atoms with Crippen LogP contribution in [0.25, 0.3) is 0 Å². The molecule has 20 heavy (non-hydrogen) atoms. The van der Waals surface area contributed by atoms with Crippen molar-refractivity contribution in [1.82, 2.24) is 0 Å². The van der Waals surface area contributed by atoms with Crippen LogP contribution in [0.2, 0.25) is 15.1 Å². The van der Waals surface area contributed by atoms with Gasteiger partial charge in [0, 0.05) is 11.4 Å². The first-order valence-electron chi connectivity index (χ1n) is 5.39. The molecule has 0 radical (unpaired) electrons. The van der Waals surface area contributed by atoms with Gasteiger partial charge in [0.05, 0.1) is 20.6 Å². The number of nitrogens with one attached hydrogen (secondary N) is 1. The smallest absolute Gasteiger partial charge is 0.257 e. The first-order valence-corrected chi connectivity index (χ1v) is 6.53. The van der Waals surface area contributed by atoms with Crippen LogP contribution < -0.4 is 11.1 Å². The Morgan fingerprint density at radius 1 is 1.05 bits per heavy atom. The molecule has 0 bridgehead atoms. The van der Waals surface area contributed by atoms with E-state index in [9.17, 15) is 9.18 Å². The predicted octanol–water partition coefficient (Wildman–Crippen LogP) is 4.62. The first-order chi connectivity index (χ1) is 9.38. The highest BCUT2D eigenvalue weighted by atomic mass is 35.5. The Hall–Kier alpha value is -1.49. The summed E-state index contributed by atoms with van der Waals surface area (Å²) in [5.74, 6) is -1.22. The molecule has 0 fully saturated rings. The van der Waals surface area contributed by atoms with E-state index >= 15 is 0 Å². The molecule has 0 unspecified atom stereocenters. The van der Waals surface area contributed by atoms with E-state index in [0.29, 0.717) is 5.69 Å². The van der Waals surface area contributed by atoms with Crippen LogP contribution in [0.4, 0.5) is 15.8 Å². The minimum Gasteiger partial charge on any atom is -0.399 e. The van der Waals surface area contributed by atoms with Crippen molar-refractivity contribution >= 4 is 52.1 Å². The van der Waals surface area contributed by atoms with E-state index in [0.717, 1.165) is 0 Å². The lowest BCUT2D eigenvalue weighted by atomic mass is 10.2. The molecule has 0 saturated carbocycles. The van der Waals surface area contributed by atoms with Crippen LogP contribution in [0.5, 0.6) is 0 Å². The molecule has 104 valence electrons. The summed E-state index contributed by atoms with van der Waals surface area (Å²) in [4.78, 5) is 12.0. The van der Waals surface area contributed by atoms with E-state index in [1.807, 2.05) is 0 Å². The van der Waals surface area contributed by atoms with E-state index in [2.05, 4.69) is 5.32 Å². The number of nitrogens with two attached hydrogens (primary N) is 1. The summed E-state index contributed by atoms with van der Waals surface area (Å²) < 4.78 is 13.3. The molecular weight excluding hydrogens is 326 g/mol. The summed E-state index contributed by atoms with van der Waals surface area (Å²) in [6, 6.07) is 7.00. The molecule has 0 aliphatic carbocycles. The average molecular weight is 334 g/mol. The van der Waals surface area contributed by atoms with Crippen molar-refractivity contribution in [2.75, 3.05) is 11.1 Å². The topological polar surface area (TPSA) is 55.1 Å². The van der Waals surface area contributed by atoms with Crippen molar-refractivity contribution in [2.24, 2.45) is 0 Å². The van der Waals surface area contributed by atoms with Gasteiger partial charge in [-0.05, 0) is 30.3 Å². The third-order valence-corrected chi connectivity index (χ3v) is 3.34. The fraction of sp³-hybridized carbons (Fsp3) is 0. The summed E-state index contributed by atoms with van der Waals surface area (Å²) in [5.41, 5.74) is 6.48. The highest BCUT2D eigenvalue weighted by Gasteiger charge is 2.13. The molecule has 0 aliphatic rings. The van der Waals surface area contributed by atoms with Gasteiger partial charge in [-0.25, -0.2) is 4.39 Å². The van der Waals surface area contributed by atoms with Gasteiger partial charge in [-0.15, -0.1) is 0 Å². The molecule has 0 aromatic heterocycles. The quantitative estimate of drug-likeness (QED) is 0.622. The zero-order valence-electron chi connectivity index (χ0n) is 9.88. The third-order valence-electron chi connectivity index (χ3n) is 2.48. The molecule has 0 heterocycles. The van der Waals surface area contributed by atoms with Gasteiger partial charge < -0.3 is 11.1 Å². The summed E-state index contributed by atoms with van der Waals surface area (Å²) in [6.07, 6.45) is 0. The maximum Gasteiger partial charge on any atom is 0.257 e. The highest BCUT2D eigenvalue weighted by molar-refractivity contribution is 6.36. The second kappa shape index (κ2) is 5.87. The van der Waals surface area contributed by atoms with Gasteiger partial charge in [0.1, 0.15) is 0 Å². The van der Waals surface area contributed by atoms with Gasteiger partial charge in [-0.2, -0.15) is 0 Å². The van der Waals surface area contributed by atoms with Gasteiger partial charge in [0.2, 0.25) is 0 Å². The molecular formula is C13H8Cl3FN2O. The monoisotopic (exact) mass is 332 g/mol. The second-order valence-corrected chi connectivity index (χ2v) is 5.17. The van der Waals surface area contributed by atoms with Gasteiger partial charge in [-0.3, -0.25) is 4.79 Å². The average Bonchev–Trinajstić information content (AvgIpc) is 2.35. The molecule has 0 atom stereocenters. The van der Waals surface area contributed by atoms with Crippen molar-refractivity contribution < 1.29 is 9.18 Å². The zero-order valence-corrected chi connectivity index (χ0v) is 12.2. The molecule has 3 N–H and O–H groups in total. The molecule has 0 spiro atoms. The molecule has 2 aromatic rings. The molecule has 0 aliphatic heterocycles. The van der Waals surface area contributed by atoms with Crippen LogP contribution in [0.3, 0.4) is 0 Å². The fourth-order valence-electron chi connectivity index (χ4n) is 1.54. The predicted molar refractivity (Wildman–Crippen MR) is 80.2 cm³/mol. The standard InChI is InChI=1S/C13H8Cl3FN2O/c14-9-3-6(18)1-2-8(9)13(20)19-7-4-10(15)12(17)11(16)5-7/h1-5H,18H2,(H,19,20). The number of carbonyl (C=O) groups excluding carboxylic acids is 1. The number of nitrogen functional groups attached to an aromatic ring is 1. The summed E-state index contributed by atoms with van der Waals surface area (Å²) in [7, 11) is 0. The zero-order chi connectivity index (χ0) is 14.9. The minimum absolute atomic E-state index is 0.184. The van der Waals surface area contributed by atoms with Crippen molar-refractivity contribution in [3.05, 3.63) is 56.8 Å². The summed E-state index contributed by atoms with van der Waals surface area (Å²) >= 11 is 17.2. The van der Waals surface area contributed by atoms with Gasteiger partial charge >= 0.3 is 0 Å². The minimum atomic E-state index is -0.739. The molecule has 7 heteroatoms. The van der Waals surface area contributed by atoms with E-state index in [-0.39, 0.29) is 26.3 Å². The normalized spacial score (nSPS) is 10.4. The molecule has 1 amide bonds. The lowest BCUT2D eigenvalue weighted by molar-refractivity contribution is 0.102. The third kappa shape index (κ3) is 3.15. The summed E-state index contributed by atoms with van der Waals surface area (Å²) in [6.45, 7) is 0. The maximum atomic E-state index is 13.3. The van der Waals surface area contributed by atoms with Crippen LogP contribution in [0, 0.1) is 5.82 Å². The number of rotatable bonds is 2. The van der Waals surface area contributed by atoms with Gasteiger partial charge in [0.25, 0.3) is 5.91 Å². The second-order valence-electron chi connectivity index (χ2n) is 3.95. The fourth-order valence-corrected chi connectivity index (χ4v) is 2.30. The number of benzene rings is 2. The molecule has 2 rings (SSSR count). The number of halogens is 4. The summed E-state index contributed by atoms with van der Waals surface area (Å²) in [5, 5.41) is 2.37. The lowest BCUT2D eigenvalue weighted by Crippen LogP contribution is -2.12. The van der Waals surface area contributed by atoms with Crippen molar-refractivity contribution in [2.45, 2.75) is 0 Å². The number of hydrogen-bond acceptors (Lipinski definition) is 2. The van der Waals surface area contributed by atoms with E-state index < -0.39 is 11.7 Å². The van der Waals surface area contributed by atoms with Crippen LogP contribution in [0.1, 0.15) is 10.4 Å². The van der Waals surface area contributed by atoms with Gasteiger partial charge in [-0.1, -0.05) is 34.8 Å². The number of amides is 1. The van der Waals surface area contributed by atoms with E-state index in [1.54, 1.807) is 6.07 Å². The number of hydrogen-bond donors (Lipinski definition) is 2. The maximum absolute atomic E-state index is 13.3. The van der Waals surface area contributed by atoms with Gasteiger partial charge in [0.15, 0.2) is 5.82 Å². The van der Waals surface area contributed by atoms with Crippen molar-refractivity contribution in [3.8, 4) is 0 Å². The van der Waals surface area contributed by atoms with E-state index in [1.165, 1.54) is 24.3 Å². The Kier molecular flexibility index (Phi) is 4.38. The van der Waals surface area contributed by atoms with Crippen LogP contribution in [0.15, 0.2) is 30.3 Å². The van der Waals surface area contributed by atoms with Crippen molar-refractivity contribution in [3.63, 3.8) is 0 Å². The molecule has 3 nitrogen and oxygen atoms in total. The number of carbonyl (C=O) groups is 1. The van der Waals surface area contributed by atoms with Crippen LogP contribution >= 0.6 is 34.8 Å². The first kappa shape index (κ1) is 14.9. The van der Waals surface area contributed by atoms with Crippen LogP contribution in [-0.4, -0.2) is 5.91 Å². The number of anilines is 2. The Morgan fingerprint density at radius 2 is 1.65 bits per heavy atom.